The molecule has 1 aliphatic rings. The summed E-state index contributed by atoms with van der Waals surface area (Å²) in [5.74, 6) is 2.16. The number of H-pyrrole nitrogens is 1. The van der Waals surface area contributed by atoms with Crippen molar-refractivity contribution in [1.82, 2.24) is 24.7 Å². The molecule has 0 saturated heterocycles. The molecule has 1 aliphatic carbocycles. The molecule has 0 spiro atoms. The fraction of sp³-hybridized carbons (Fsp3) is 0.348. The van der Waals surface area contributed by atoms with Crippen molar-refractivity contribution in [1.29, 1.82) is 0 Å². The van der Waals surface area contributed by atoms with E-state index in [1.807, 2.05) is 42.7 Å². The van der Waals surface area contributed by atoms with Crippen molar-refractivity contribution in [2.24, 2.45) is 0 Å². The van der Waals surface area contributed by atoms with Crippen molar-refractivity contribution in [3.63, 3.8) is 0 Å². The first-order valence-electron chi connectivity index (χ1n) is 10.4. The number of hydrogen-bond acceptors (Lipinski definition) is 4. The van der Waals surface area contributed by atoms with Crippen molar-refractivity contribution < 1.29 is 9.53 Å². The van der Waals surface area contributed by atoms with Crippen LogP contribution >= 0.6 is 0 Å². The second kappa shape index (κ2) is 7.48. The summed E-state index contributed by atoms with van der Waals surface area (Å²) in [6, 6.07) is 10.2. The van der Waals surface area contributed by atoms with Gasteiger partial charge in [0.2, 0.25) is 5.91 Å². The number of imidazole rings is 1. The Morgan fingerprint density at radius 2 is 2.03 bits per heavy atom. The Balaban J connectivity index is 1.65. The van der Waals surface area contributed by atoms with Gasteiger partial charge >= 0.3 is 0 Å². The summed E-state index contributed by atoms with van der Waals surface area (Å²) in [5.41, 5.74) is 4.81. The number of fused-ring (bicyclic) bond motifs is 3. The number of carbonyl (C=O) groups excluding carboxylic acids is 1. The molecule has 4 aromatic rings. The van der Waals surface area contributed by atoms with Gasteiger partial charge in [0.05, 0.1) is 30.0 Å². The van der Waals surface area contributed by atoms with E-state index in [1.165, 1.54) is 0 Å². The van der Waals surface area contributed by atoms with E-state index < -0.39 is 0 Å². The summed E-state index contributed by atoms with van der Waals surface area (Å²) in [6.45, 7) is 1.59. The van der Waals surface area contributed by atoms with E-state index in [0.717, 1.165) is 65.2 Å². The summed E-state index contributed by atoms with van der Waals surface area (Å²) in [5, 5.41) is 3.10. The van der Waals surface area contributed by atoms with Crippen LogP contribution in [0, 0.1) is 0 Å². The van der Waals surface area contributed by atoms with Crippen LogP contribution in [0.15, 0.2) is 42.7 Å². The quantitative estimate of drug-likeness (QED) is 0.538. The van der Waals surface area contributed by atoms with Crippen LogP contribution in [-0.4, -0.2) is 38.4 Å². The van der Waals surface area contributed by atoms with Crippen molar-refractivity contribution in [2.45, 2.75) is 44.6 Å². The van der Waals surface area contributed by atoms with E-state index in [0.29, 0.717) is 0 Å². The maximum Gasteiger partial charge on any atom is 0.217 e. The normalized spacial score (nSPS) is 19.3. The van der Waals surface area contributed by atoms with Crippen molar-refractivity contribution in [3.8, 4) is 17.0 Å². The van der Waals surface area contributed by atoms with Gasteiger partial charge in [0, 0.05) is 30.6 Å². The third-order valence-corrected chi connectivity index (χ3v) is 6.01. The van der Waals surface area contributed by atoms with Crippen LogP contribution in [0.5, 0.6) is 5.75 Å². The second-order valence-corrected chi connectivity index (χ2v) is 8.00. The van der Waals surface area contributed by atoms with Crippen molar-refractivity contribution in [3.05, 3.63) is 48.5 Å². The Hall–Kier alpha value is -3.35. The maximum absolute atomic E-state index is 11.6. The number of ether oxygens (including phenoxy) is 1. The predicted molar refractivity (Wildman–Crippen MR) is 116 cm³/mol. The lowest BCUT2D eigenvalue weighted by Crippen LogP contribution is -2.36. The number of rotatable bonds is 4. The van der Waals surface area contributed by atoms with E-state index >= 15 is 0 Å². The molecule has 30 heavy (non-hydrogen) atoms. The molecular weight excluding hydrogens is 378 g/mol. The number of carbonyl (C=O) groups is 1. The third kappa shape index (κ3) is 3.20. The van der Waals surface area contributed by atoms with E-state index in [-0.39, 0.29) is 17.9 Å². The van der Waals surface area contributed by atoms with Crippen LogP contribution in [0.1, 0.15) is 44.3 Å². The molecule has 7 nitrogen and oxygen atoms in total. The highest BCUT2D eigenvalue weighted by atomic mass is 16.5. The summed E-state index contributed by atoms with van der Waals surface area (Å²) in [4.78, 5) is 24.5. The monoisotopic (exact) mass is 403 g/mol. The summed E-state index contributed by atoms with van der Waals surface area (Å²) < 4.78 is 7.54. The lowest BCUT2D eigenvalue weighted by Gasteiger charge is -2.28. The molecule has 2 N–H and O–H groups in total. The van der Waals surface area contributed by atoms with E-state index in [1.54, 1.807) is 14.0 Å². The molecular formula is C23H25N5O2. The second-order valence-electron chi connectivity index (χ2n) is 8.00. The average molecular weight is 403 g/mol. The molecule has 3 heterocycles. The van der Waals surface area contributed by atoms with Gasteiger partial charge in [-0.2, -0.15) is 0 Å². The largest absolute Gasteiger partial charge is 0.497 e. The van der Waals surface area contributed by atoms with Crippen LogP contribution in [0.4, 0.5) is 0 Å². The van der Waals surface area contributed by atoms with Crippen LogP contribution in [0.25, 0.3) is 27.9 Å². The highest BCUT2D eigenvalue weighted by molar-refractivity contribution is 5.84. The predicted octanol–water partition coefficient (Wildman–Crippen LogP) is 4.05. The van der Waals surface area contributed by atoms with E-state index in [4.69, 9.17) is 9.72 Å². The minimum atomic E-state index is 0.0322. The number of amides is 1. The number of nitrogens with zero attached hydrogens (tertiary/aromatic N) is 3. The molecule has 1 amide bonds. The molecule has 5 rings (SSSR count). The summed E-state index contributed by atoms with van der Waals surface area (Å²) >= 11 is 0. The zero-order valence-electron chi connectivity index (χ0n) is 17.2. The standard InChI is InChI=1S/C23H25N5O2/c1-14(29)26-17-5-3-4-16(12-17)23-27-21(15-6-8-18(30-2)9-7-15)20-13-25-22-19(28(20)23)10-11-24-22/h6-11,13,16-17,24H,3-5,12H2,1-2H3,(H,26,29)/t16-,17+/m0/s1. The topological polar surface area (TPSA) is 84.3 Å². The molecule has 7 heteroatoms. The van der Waals surface area contributed by atoms with Crippen LogP contribution in [-0.2, 0) is 4.79 Å². The fourth-order valence-electron chi connectivity index (χ4n) is 4.66. The number of hydrogen-bond donors (Lipinski definition) is 2. The molecule has 154 valence electrons. The maximum atomic E-state index is 11.6. The first kappa shape index (κ1) is 18.7. The first-order valence-corrected chi connectivity index (χ1v) is 10.4. The van der Waals surface area contributed by atoms with Gasteiger partial charge in [-0.25, -0.2) is 9.97 Å². The summed E-state index contributed by atoms with van der Waals surface area (Å²) in [7, 11) is 1.67. The van der Waals surface area contributed by atoms with Crippen molar-refractivity contribution >= 4 is 22.6 Å². The Kier molecular flexibility index (Phi) is 4.65. The molecule has 3 aromatic heterocycles. The molecule has 0 bridgehead atoms. The molecule has 1 saturated carbocycles. The number of benzene rings is 1. The van der Waals surface area contributed by atoms with E-state index in [2.05, 4.69) is 19.7 Å². The van der Waals surface area contributed by atoms with E-state index in [9.17, 15) is 4.79 Å². The van der Waals surface area contributed by atoms with Crippen LogP contribution < -0.4 is 10.1 Å². The minimum Gasteiger partial charge on any atom is -0.497 e. The Morgan fingerprint density at radius 3 is 2.80 bits per heavy atom. The molecule has 0 radical (unpaired) electrons. The van der Waals surface area contributed by atoms with Crippen LogP contribution in [0.3, 0.4) is 0 Å². The van der Waals surface area contributed by atoms with Crippen LogP contribution in [0.2, 0.25) is 0 Å². The Labute approximate surface area is 174 Å². The molecule has 1 aromatic carbocycles. The molecule has 2 atom stereocenters. The number of nitrogens with one attached hydrogen (secondary N) is 2. The first-order chi connectivity index (χ1) is 14.6. The Bertz CT molecular complexity index is 1210. The average Bonchev–Trinajstić information content (AvgIpc) is 3.38. The zero-order valence-corrected chi connectivity index (χ0v) is 17.2. The number of aromatic nitrogens is 4. The molecule has 1 fully saturated rings. The van der Waals surface area contributed by atoms with Gasteiger partial charge in [-0.3, -0.25) is 9.20 Å². The minimum absolute atomic E-state index is 0.0322. The highest BCUT2D eigenvalue weighted by Gasteiger charge is 2.29. The lowest BCUT2D eigenvalue weighted by atomic mass is 9.85. The van der Waals surface area contributed by atoms with Gasteiger partial charge in [-0.05, 0) is 49.6 Å². The third-order valence-electron chi connectivity index (χ3n) is 6.01. The molecule has 0 aliphatic heterocycles. The van der Waals surface area contributed by atoms with Gasteiger partial charge in [0.1, 0.15) is 11.6 Å². The van der Waals surface area contributed by atoms with Gasteiger partial charge in [0.15, 0.2) is 5.65 Å². The lowest BCUT2D eigenvalue weighted by molar-refractivity contribution is -0.119. The van der Waals surface area contributed by atoms with Gasteiger partial charge in [-0.15, -0.1) is 0 Å². The zero-order chi connectivity index (χ0) is 20.7. The SMILES string of the molecule is COc1ccc(-c2nc([C@H]3CCC[C@@H](NC(C)=O)C3)n3c2cnc2[nH]ccc23)cc1. The number of aromatic amines is 1. The van der Waals surface area contributed by atoms with Gasteiger partial charge < -0.3 is 15.0 Å². The smallest absolute Gasteiger partial charge is 0.217 e. The highest BCUT2D eigenvalue weighted by Crippen LogP contribution is 2.37. The fourth-order valence-corrected chi connectivity index (χ4v) is 4.66. The van der Waals surface area contributed by atoms with Gasteiger partial charge in [-0.1, -0.05) is 6.42 Å². The molecule has 0 unspecified atom stereocenters. The van der Waals surface area contributed by atoms with Crippen molar-refractivity contribution in [2.75, 3.05) is 7.11 Å². The number of methoxy groups -OCH3 is 1. The van der Waals surface area contributed by atoms with Gasteiger partial charge in [0.25, 0.3) is 0 Å². The summed E-state index contributed by atoms with van der Waals surface area (Å²) in [6.07, 6.45) is 7.86. The Morgan fingerprint density at radius 1 is 1.20 bits per heavy atom.